The van der Waals surface area contributed by atoms with Gasteiger partial charge >= 0.3 is 0 Å². The summed E-state index contributed by atoms with van der Waals surface area (Å²) in [5, 5.41) is 12.0. The molecule has 7 heteroatoms. The molecule has 0 aliphatic carbocycles. The van der Waals surface area contributed by atoms with Gasteiger partial charge < -0.3 is 10.2 Å². The lowest BCUT2D eigenvalue weighted by molar-refractivity contribution is -0.119. The number of anilines is 1. The highest BCUT2D eigenvalue weighted by atomic mass is 32.2. The average Bonchev–Trinajstić information content (AvgIpc) is 2.37. The molecule has 0 saturated carbocycles. The second kappa shape index (κ2) is 6.06. The molecule has 1 rings (SSSR count). The van der Waals surface area contributed by atoms with Crippen molar-refractivity contribution in [1.82, 2.24) is 15.3 Å². The first kappa shape index (κ1) is 13.3. The highest BCUT2D eigenvalue weighted by Gasteiger charge is 2.13. The first-order valence-electron chi connectivity index (χ1n) is 4.85. The molecule has 0 fully saturated rings. The van der Waals surface area contributed by atoms with Crippen LogP contribution in [0.2, 0.25) is 0 Å². The highest BCUT2D eigenvalue weighted by molar-refractivity contribution is 7.98. The second-order valence-corrected chi connectivity index (χ2v) is 4.01. The Morgan fingerprint density at radius 1 is 1.71 bits per heavy atom. The quantitative estimate of drug-likeness (QED) is 0.610. The summed E-state index contributed by atoms with van der Waals surface area (Å²) >= 11 is 1.39. The van der Waals surface area contributed by atoms with Crippen molar-refractivity contribution in [1.29, 1.82) is 5.26 Å². The van der Waals surface area contributed by atoms with Crippen LogP contribution in [0.1, 0.15) is 5.56 Å². The molecule has 1 aromatic rings. The van der Waals surface area contributed by atoms with Crippen molar-refractivity contribution in [3.63, 3.8) is 0 Å². The maximum absolute atomic E-state index is 11.3. The molecule has 0 aromatic carbocycles. The molecule has 0 saturated heterocycles. The third-order valence-electron chi connectivity index (χ3n) is 2.07. The Balaban J connectivity index is 3.02. The molecule has 1 N–H and O–H groups in total. The van der Waals surface area contributed by atoms with Gasteiger partial charge in [0.1, 0.15) is 11.6 Å². The molecule has 17 heavy (non-hydrogen) atoms. The van der Waals surface area contributed by atoms with Crippen molar-refractivity contribution in [3.8, 4) is 6.07 Å². The van der Waals surface area contributed by atoms with Crippen LogP contribution in [0.3, 0.4) is 0 Å². The molecule has 0 spiro atoms. The largest absolute Gasteiger partial charge is 0.358 e. The Morgan fingerprint density at radius 3 is 2.94 bits per heavy atom. The number of nitrogens with one attached hydrogen (secondary N) is 1. The number of nitriles is 1. The molecule has 0 radical (unpaired) electrons. The first-order chi connectivity index (χ1) is 8.12. The monoisotopic (exact) mass is 251 g/mol. The van der Waals surface area contributed by atoms with Crippen LogP contribution in [0, 0.1) is 11.3 Å². The molecule has 6 nitrogen and oxygen atoms in total. The van der Waals surface area contributed by atoms with Crippen molar-refractivity contribution in [3.05, 3.63) is 11.8 Å². The lowest BCUT2D eigenvalue weighted by Crippen LogP contribution is -2.33. The van der Waals surface area contributed by atoms with Gasteiger partial charge in [-0.15, -0.1) is 0 Å². The van der Waals surface area contributed by atoms with Gasteiger partial charge in [-0.25, -0.2) is 9.97 Å². The van der Waals surface area contributed by atoms with E-state index in [1.165, 1.54) is 18.0 Å². The minimum atomic E-state index is -0.138. The summed E-state index contributed by atoms with van der Waals surface area (Å²) in [5.74, 6) is 0.330. The number of amides is 1. The summed E-state index contributed by atoms with van der Waals surface area (Å²) in [6, 6.07) is 2.01. The average molecular weight is 251 g/mol. The smallest absolute Gasteiger partial charge is 0.239 e. The van der Waals surface area contributed by atoms with Crippen molar-refractivity contribution in [2.75, 3.05) is 31.8 Å². The molecule has 1 heterocycles. The van der Waals surface area contributed by atoms with Crippen LogP contribution in [0.25, 0.3) is 0 Å². The minimum absolute atomic E-state index is 0.138. The maximum atomic E-state index is 11.3. The van der Waals surface area contributed by atoms with E-state index in [0.717, 1.165) is 0 Å². The minimum Gasteiger partial charge on any atom is -0.358 e. The molecular weight excluding hydrogens is 238 g/mol. The summed E-state index contributed by atoms with van der Waals surface area (Å²) in [4.78, 5) is 21.1. The standard InChI is InChI=1S/C10H13N5OS/c1-12-8(16)6-15(2)9-7(4-11)5-13-10(14-9)17-3/h5H,6H2,1-3H3,(H,12,16). The van der Waals surface area contributed by atoms with Gasteiger partial charge in [0.2, 0.25) is 5.91 Å². The first-order valence-corrected chi connectivity index (χ1v) is 6.07. The number of carbonyl (C=O) groups excluding carboxylic acids is 1. The Labute approximate surface area is 104 Å². The molecule has 0 atom stereocenters. The predicted octanol–water partition coefficient (Wildman–Crippen LogP) is 0.252. The molecule has 0 aliphatic rings. The van der Waals surface area contributed by atoms with E-state index in [9.17, 15) is 4.79 Å². The van der Waals surface area contributed by atoms with E-state index in [-0.39, 0.29) is 12.5 Å². The molecule has 0 aliphatic heterocycles. The van der Waals surface area contributed by atoms with Crippen LogP contribution in [0.5, 0.6) is 0 Å². The maximum Gasteiger partial charge on any atom is 0.239 e. The number of carbonyl (C=O) groups is 1. The van der Waals surface area contributed by atoms with Crippen LogP contribution in [0.4, 0.5) is 5.82 Å². The fourth-order valence-corrected chi connectivity index (χ4v) is 1.53. The van der Waals surface area contributed by atoms with E-state index >= 15 is 0 Å². The molecule has 0 unspecified atom stereocenters. The van der Waals surface area contributed by atoms with Gasteiger partial charge in [-0.2, -0.15) is 5.26 Å². The van der Waals surface area contributed by atoms with Gasteiger partial charge in [0.25, 0.3) is 0 Å². The number of rotatable bonds is 4. The molecule has 0 bridgehead atoms. The van der Waals surface area contributed by atoms with Crippen molar-refractivity contribution >= 4 is 23.5 Å². The Bertz CT molecular complexity index is 456. The fourth-order valence-electron chi connectivity index (χ4n) is 1.19. The van der Waals surface area contributed by atoms with Crippen molar-refractivity contribution < 1.29 is 4.79 Å². The van der Waals surface area contributed by atoms with Gasteiger partial charge in [-0.05, 0) is 6.26 Å². The van der Waals surface area contributed by atoms with Gasteiger partial charge in [0.05, 0.1) is 12.7 Å². The summed E-state index contributed by atoms with van der Waals surface area (Å²) < 4.78 is 0. The number of hydrogen-bond acceptors (Lipinski definition) is 6. The van der Waals surface area contributed by atoms with Crippen LogP contribution in [-0.2, 0) is 4.79 Å². The van der Waals surface area contributed by atoms with Crippen LogP contribution in [0.15, 0.2) is 11.4 Å². The number of thioether (sulfide) groups is 1. The second-order valence-electron chi connectivity index (χ2n) is 3.24. The van der Waals surface area contributed by atoms with Crippen molar-refractivity contribution in [2.24, 2.45) is 0 Å². The third-order valence-corrected chi connectivity index (χ3v) is 2.63. The van der Waals surface area contributed by atoms with Crippen LogP contribution in [-0.4, -0.2) is 42.8 Å². The summed E-state index contributed by atoms with van der Waals surface area (Å²) in [6.07, 6.45) is 3.32. The topological polar surface area (TPSA) is 81.9 Å². The lowest BCUT2D eigenvalue weighted by Gasteiger charge is -2.18. The zero-order valence-corrected chi connectivity index (χ0v) is 10.7. The SMILES string of the molecule is CNC(=O)CN(C)c1nc(SC)ncc1C#N. The van der Waals surface area contributed by atoms with E-state index in [1.54, 1.807) is 19.0 Å². The molecule has 90 valence electrons. The van der Waals surface area contributed by atoms with E-state index in [4.69, 9.17) is 5.26 Å². The zero-order chi connectivity index (χ0) is 12.8. The Hall–Kier alpha value is -1.81. The van der Waals surface area contributed by atoms with E-state index in [2.05, 4.69) is 15.3 Å². The van der Waals surface area contributed by atoms with E-state index in [1.807, 2.05) is 12.3 Å². The Morgan fingerprint density at radius 2 is 2.41 bits per heavy atom. The number of likely N-dealkylation sites (N-methyl/N-ethyl adjacent to an activating group) is 2. The fraction of sp³-hybridized carbons (Fsp3) is 0.400. The zero-order valence-electron chi connectivity index (χ0n) is 9.89. The van der Waals surface area contributed by atoms with Crippen LogP contribution < -0.4 is 10.2 Å². The van der Waals surface area contributed by atoms with Crippen LogP contribution >= 0.6 is 11.8 Å². The summed E-state index contributed by atoms with van der Waals surface area (Å²) in [6.45, 7) is 0.149. The number of hydrogen-bond donors (Lipinski definition) is 1. The third kappa shape index (κ3) is 3.32. The molecule has 1 amide bonds. The summed E-state index contributed by atoms with van der Waals surface area (Å²) in [7, 11) is 3.27. The van der Waals surface area contributed by atoms with Gasteiger partial charge in [-0.3, -0.25) is 4.79 Å². The Kier molecular flexibility index (Phi) is 4.72. The molecular formula is C10H13N5OS. The van der Waals surface area contributed by atoms with Gasteiger partial charge in [0, 0.05) is 14.1 Å². The summed E-state index contributed by atoms with van der Waals surface area (Å²) in [5.41, 5.74) is 0.356. The normalized spacial score (nSPS) is 9.53. The molecule has 1 aromatic heterocycles. The lowest BCUT2D eigenvalue weighted by atomic mass is 10.3. The number of aromatic nitrogens is 2. The van der Waals surface area contributed by atoms with E-state index < -0.39 is 0 Å². The van der Waals surface area contributed by atoms with Gasteiger partial charge in [0.15, 0.2) is 11.0 Å². The van der Waals surface area contributed by atoms with E-state index in [0.29, 0.717) is 16.5 Å². The van der Waals surface area contributed by atoms with Crippen molar-refractivity contribution in [2.45, 2.75) is 5.16 Å². The predicted molar refractivity (Wildman–Crippen MR) is 65.9 cm³/mol. The highest BCUT2D eigenvalue weighted by Crippen LogP contribution is 2.18. The number of nitrogens with zero attached hydrogens (tertiary/aromatic N) is 4. The van der Waals surface area contributed by atoms with Gasteiger partial charge in [-0.1, -0.05) is 11.8 Å².